The molecule has 0 bridgehead atoms. The lowest BCUT2D eigenvalue weighted by atomic mass is 9.85. The molecule has 1 heterocycles. The van der Waals surface area contributed by atoms with Crippen molar-refractivity contribution in [3.8, 4) is 0 Å². The van der Waals surface area contributed by atoms with Crippen molar-refractivity contribution in [2.75, 3.05) is 52.5 Å². The molecule has 152 valence electrons. The van der Waals surface area contributed by atoms with Gasteiger partial charge in [-0.1, -0.05) is 32.9 Å². The minimum absolute atomic E-state index is 0.202. The summed E-state index contributed by atoms with van der Waals surface area (Å²) in [5.41, 5.74) is 0.729. The van der Waals surface area contributed by atoms with Crippen molar-refractivity contribution in [1.29, 1.82) is 0 Å². The van der Waals surface area contributed by atoms with Gasteiger partial charge < -0.3 is 15.4 Å². The van der Waals surface area contributed by atoms with Gasteiger partial charge in [-0.2, -0.15) is 0 Å². The average molecular weight is 379 g/mol. The third-order valence-electron chi connectivity index (χ3n) is 4.87. The predicted octanol–water partition coefficient (Wildman–Crippen LogP) is 2.63. The fraction of sp³-hybridized carbons (Fsp3) is 0.667. The van der Waals surface area contributed by atoms with Gasteiger partial charge in [0.15, 0.2) is 5.96 Å². The van der Waals surface area contributed by atoms with Crippen LogP contribution in [0.5, 0.6) is 0 Å². The van der Waals surface area contributed by atoms with E-state index in [1.807, 2.05) is 6.07 Å². The summed E-state index contributed by atoms with van der Waals surface area (Å²) in [4.78, 5) is 7.20. The van der Waals surface area contributed by atoms with Crippen LogP contribution in [-0.2, 0) is 10.2 Å². The average Bonchev–Trinajstić information content (AvgIpc) is 2.65. The molecule has 0 radical (unpaired) electrons. The zero-order valence-electron chi connectivity index (χ0n) is 17.2. The molecule has 0 saturated carbocycles. The van der Waals surface area contributed by atoms with Crippen LogP contribution < -0.4 is 10.6 Å². The first kappa shape index (κ1) is 21.6. The van der Waals surface area contributed by atoms with Gasteiger partial charge in [0.05, 0.1) is 19.8 Å². The van der Waals surface area contributed by atoms with E-state index < -0.39 is 0 Å². The van der Waals surface area contributed by atoms with Gasteiger partial charge >= 0.3 is 0 Å². The minimum atomic E-state index is -0.232. The highest BCUT2D eigenvalue weighted by Crippen LogP contribution is 2.24. The molecule has 1 saturated heterocycles. The van der Waals surface area contributed by atoms with Gasteiger partial charge in [-0.3, -0.25) is 9.89 Å². The van der Waals surface area contributed by atoms with Crippen molar-refractivity contribution < 1.29 is 9.13 Å². The van der Waals surface area contributed by atoms with E-state index in [4.69, 9.17) is 9.73 Å². The van der Waals surface area contributed by atoms with Crippen LogP contribution in [0.1, 0.15) is 33.3 Å². The Labute approximate surface area is 163 Å². The van der Waals surface area contributed by atoms with E-state index in [9.17, 15) is 4.39 Å². The van der Waals surface area contributed by atoms with E-state index in [1.54, 1.807) is 12.1 Å². The van der Waals surface area contributed by atoms with Crippen LogP contribution in [0, 0.1) is 11.7 Å². The van der Waals surface area contributed by atoms with Gasteiger partial charge in [0.1, 0.15) is 5.82 Å². The normalized spacial score (nSPS) is 17.6. The molecule has 1 aliphatic rings. The summed E-state index contributed by atoms with van der Waals surface area (Å²) in [6.45, 7) is 15.5. The molecule has 0 aliphatic carbocycles. The van der Waals surface area contributed by atoms with Crippen LogP contribution in [0.4, 0.5) is 4.39 Å². The molecule has 0 spiro atoms. The molecule has 1 aromatic carbocycles. The monoisotopic (exact) mass is 378 g/mol. The molecule has 2 N–H and O–H groups in total. The summed E-state index contributed by atoms with van der Waals surface area (Å²) in [6.07, 6.45) is 0. The van der Waals surface area contributed by atoms with Gasteiger partial charge in [-0.25, -0.2) is 4.39 Å². The second kappa shape index (κ2) is 10.6. The van der Waals surface area contributed by atoms with Gasteiger partial charge in [-0.05, 0) is 30.5 Å². The maximum Gasteiger partial charge on any atom is 0.191 e. The Morgan fingerprint density at radius 2 is 2.04 bits per heavy atom. The van der Waals surface area contributed by atoms with Crippen LogP contribution >= 0.6 is 0 Å². The Balaban J connectivity index is 1.88. The summed E-state index contributed by atoms with van der Waals surface area (Å²) in [6, 6.07) is 6.79. The van der Waals surface area contributed by atoms with Crippen molar-refractivity contribution in [3.63, 3.8) is 0 Å². The van der Waals surface area contributed by atoms with Gasteiger partial charge in [0.2, 0.25) is 0 Å². The zero-order valence-corrected chi connectivity index (χ0v) is 17.2. The summed E-state index contributed by atoms with van der Waals surface area (Å²) >= 11 is 0. The molecular formula is C21H35FN4O. The van der Waals surface area contributed by atoms with E-state index in [-0.39, 0.29) is 11.2 Å². The first-order valence-corrected chi connectivity index (χ1v) is 9.99. The third kappa shape index (κ3) is 7.46. The Hall–Kier alpha value is -1.66. The lowest BCUT2D eigenvalue weighted by molar-refractivity contribution is 0.0320. The van der Waals surface area contributed by atoms with Gasteiger partial charge in [0, 0.05) is 38.1 Å². The summed E-state index contributed by atoms with van der Waals surface area (Å²) in [5, 5.41) is 6.76. The van der Waals surface area contributed by atoms with E-state index in [2.05, 4.69) is 43.2 Å². The number of halogens is 1. The summed E-state index contributed by atoms with van der Waals surface area (Å²) < 4.78 is 19.0. The molecule has 5 nitrogen and oxygen atoms in total. The van der Waals surface area contributed by atoms with E-state index in [0.29, 0.717) is 12.5 Å². The predicted molar refractivity (Wildman–Crippen MR) is 110 cm³/mol. The summed E-state index contributed by atoms with van der Waals surface area (Å²) in [7, 11) is 0. The minimum Gasteiger partial charge on any atom is -0.379 e. The van der Waals surface area contributed by atoms with Crippen LogP contribution in [-0.4, -0.2) is 63.3 Å². The highest BCUT2D eigenvalue weighted by molar-refractivity contribution is 5.79. The fourth-order valence-corrected chi connectivity index (χ4v) is 3.18. The van der Waals surface area contributed by atoms with Crippen LogP contribution in [0.25, 0.3) is 0 Å². The largest absolute Gasteiger partial charge is 0.379 e. The number of morpholine rings is 1. The molecule has 2 rings (SSSR count). The molecule has 1 aromatic rings. The van der Waals surface area contributed by atoms with Crippen LogP contribution in [0.2, 0.25) is 0 Å². The molecule has 6 heteroatoms. The molecule has 27 heavy (non-hydrogen) atoms. The number of hydrogen-bond acceptors (Lipinski definition) is 3. The highest BCUT2D eigenvalue weighted by Gasteiger charge is 2.21. The van der Waals surface area contributed by atoms with Crippen LogP contribution in [0.3, 0.4) is 0 Å². The molecular weight excluding hydrogens is 343 g/mol. The van der Waals surface area contributed by atoms with Crippen molar-refractivity contribution in [2.45, 2.75) is 33.1 Å². The van der Waals surface area contributed by atoms with E-state index >= 15 is 0 Å². The van der Waals surface area contributed by atoms with E-state index in [0.717, 1.165) is 57.5 Å². The molecule has 0 aromatic heterocycles. The van der Waals surface area contributed by atoms with Crippen molar-refractivity contribution in [1.82, 2.24) is 15.5 Å². The van der Waals surface area contributed by atoms with Crippen molar-refractivity contribution in [2.24, 2.45) is 10.9 Å². The van der Waals surface area contributed by atoms with Gasteiger partial charge in [-0.15, -0.1) is 0 Å². The first-order chi connectivity index (χ1) is 12.9. The van der Waals surface area contributed by atoms with Crippen LogP contribution in [0.15, 0.2) is 29.3 Å². The van der Waals surface area contributed by atoms with Crippen molar-refractivity contribution in [3.05, 3.63) is 35.6 Å². The third-order valence-corrected chi connectivity index (χ3v) is 4.87. The number of benzene rings is 1. The topological polar surface area (TPSA) is 48.9 Å². The molecule has 0 amide bonds. The SMILES string of the molecule is CCNC(=NCC(C)(C)c1cccc(F)c1)NCC(C)CN1CCOCC1. The standard InChI is InChI=1S/C21H35FN4O/c1-5-23-20(24-14-17(2)15-26-9-11-27-12-10-26)25-16-21(3,4)18-7-6-8-19(22)13-18/h6-8,13,17H,5,9-12,14-16H2,1-4H3,(H2,23,24,25). The zero-order chi connectivity index (χ0) is 19.7. The first-order valence-electron chi connectivity index (χ1n) is 9.99. The highest BCUT2D eigenvalue weighted by atomic mass is 19.1. The lowest BCUT2D eigenvalue weighted by Crippen LogP contribution is -2.44. The number of guanidine groups is 1. The number of hydrogen-bond donors (Lipinski definition) is 2. The van der Waals surface area contributed by atoms with E-state index in [1.165, 1.54) is 6.07 Å². The Morgan fingerprint density at radius 3 is 2.70 bits per heavy atom. The molecule has 1 fully saturated rings. The Kier molecular flexibility index (Phi) is 8.51. The maximum atomic E-state index is 13.5. The number of nitrogens with zero attached hydrogens (tertiary/aromatic N) is 2. The molecule has 1 aliphatic heterocycles. The quantitative estimate of drug-likeness (QED) is 0.539. The molecule has 1 unspecified atom stereocenters. The Bertz CT molecular complexity index is 600. The fourth-order valence-electron chi connectivity index (χ4n) is 3.18. The van der Waals surface area contributed by atoms with Gasteiger partial charge in [0.25, 0.3) is 0 Å². The number of aliphatic imine (C=N–C) groups is 1. The smallest absolute Gasteiger partial charge is 0.191 e. The second-order valence-corrected chi connectivity index (χ2v) is 7.99. The molecule has 1 atom stereocenters. The Morgan fingerprint density at radius 1 is 1.30 bits per heavy atom. The van der Waals surface area contributed by atoms with Crippen molar-refractivity contribution >= 4 is 5.96 Å². The maximum absolute atomic E-state index is 13.5. The second-order valence-electron chi connectivity index (χ2n) is 7.99. The number of rotatable bonds is 8. The number of ether oxygens (including phenoxy) is 1. The summed E-state index contributed by atoms with van der Waals surface area (Å²) in [5.74, 6) is 1.13. The number of nitrogens with one attached hydrogen (secondary N) is 2. The lowest BCUT2D eigenvalue weighted by Gasteiger charge is -2.29.